The molecule has 1 nitrogen and oxygen atoms in total. The number of allylic oxidation sites excluding steroid dienone is 2. The van der Waals surface area contributed by atoms with E-state index in [0.29, 0.717) is 12.1 Å². The van der Waals surface area contributed by atoms with Crippen LogP contribution in [-0.2, 0) is 0 Å². The molecule has 3 atom stereocenters. The summed E-state index contributed by atoms with van der Waals surface area (Å²) in [6, 6.07) is 1.23. The molecular weight excluding hydrogens is 146 g/mol. The van der Waals surface area contributed by atoms with E-state index in [1.165, 1.54) is 6.42 Å². The summed E-state index contributed by atoms with van der Waals surface area (Å²) in [7, 11) is 0. The third kappa shape index (κ3) is 1.37. The van der Waals surface area contributed by atoms with E-state index in [4.69, 9.17) is 0 Å². The van der Waals surface area contributed by atoms with E-state index in [9.17, 15) is 0 Å². The maximum absolute atomic E-state index is 3.77. The van der Waals surface area contributed by atoms with Gasteiger partial charge in [-0.2, -0.15) is 0 Å². The molecule has 0 saturated carbocycles. The normalized spacial score (nSPS) is 38.2. The van der Waals surface area contributed by atoms with Crippen LogP contribution in [0.25, 0.3) is 0 Å². The van der Waals surface area contributed by atoms with Crippen LogP contribution < -0.4 is 5.32 Å². The zero-order valence-electron chi connectivity index (χ0n) is 7.24. The first-order chi connectivity index (χ1) is 5.90. The van der Waals surface area contributed by atoms with E-state index >= 15 is 0 Å². The summed E-state index contributed by atoms with van der Waals surface area (Å²) in [6.45, 7) is 3.77. The van der Waals surface area contributed by atoms with Crippen molar-refractivity contribution in [2.24, 2.45) is 5.92 Å². The largest absolute Gasteiger partial charge is 0.307 e. The number of hydrogen-bond acceptors (Lipinski definition) is 1. The minimum absolute atomic E-state index is 0.583. The molecule has 0 aromatic carbocycles. The summed E-state index contributed by atoms with van der Waals surface area (Å²) in [5.74, 6) is 0.722. The number of nitrogens with one attached hydrogen (secondary N) is 1. The van der Waals surface area contributed by atoms with Gasteiger partial charge in [0.25, 0.3) is 0 Å². The molecule has 0 radical (unpaired) electrons. The van der Waals surface area contributed by atoms with Gasteiger partial charge in [-0.3, -0.25) is 0 Å². The van der Waals surface area contributed by atoms with Crippen molar-refractivity contribution < 1.29 is 0 Å². The molecule has 0 bridgehead atoms. The minimum Gasteiger partial charge on any atom is -0.307 e. The second-order valence-electron chi connectivity index (χ2n) is 3.58. The lowest BCUT2D eigenvalue weighted by atomic mass is 9.95. The maximum atomic E-state index is 3.77. The summed E-state index contributed by atoms with van der Waals surface area (Å²) in [5.41, 5.74) is 0. The Labute approximate surface area is 73.9 Å². The summed E-state index contributed by atoms with van der Waals surface area (Å²) in [4.78, 5) is 0. The lowest BCUT2D eigenvalue weighted by molar-refractivity contribution is 0.585. The van der Waals surface area contributed by atoms with Gasteiger partial charge in [0.1, 0.15) is 0 Å². The number of fused-ring (bicyclic) bond motifs is 1. The van der Waals surface area contributed by atoms with Gasteiger partial charge in [-0.15, -0.1) is 6.58 Å². The Kier molecular flexibility index (Phi) is 2.13. The highest BCUT2D eigenvalue weighted by Gasteiger charge is 2.29. The SMILES string of the molecule is C=CCC1CC2C=CC=CC2N1. The van der Waals surface area contributed by atoms with Crippen molar-refractivity contribution in [3.05, 3.63) is 37.0 Å². The molecule has 1 N–H and O–H groups in total. The quantitative estimate of drug-likeness (QED) is 0.611. The Bertz CT molecular complexity index is 207. The van der Waals surface area contributed by atoms with Crippen LogP contribution in [0.2, 0.25) is 0 Å². The van der Waals surface area contributed by atoms with Crippen molar-refractivity contribution >= 4 is 0 Å². The Balaban J connectivity index is 2.00. The lowest BCUT2D eigenvalue weighted by Crippen LogP contribution is -2.29. The van der Waals surface area contributed by atoms with Gasteiger partial charge in [-0.25, -0.2) is 0 Å². The van der Waals surface area contributed by atoms with Crippen molar-refractivity contribution in [2.75, 3.05) is 0 Å². The molecule has 12 heavy (non-hydrogen) atoms. The standard InChI is InChI=1S/C11H15N/c1-2-5-10-8-9-6-3-4-7-11(9)12-10/h2-4,6-7,9-12H,1,5,8H2. The molecule has 0 spiro atoms. The van der Waals surface area contributed by atoms with Crippen LogP contribution in [0.4, 0.5) is 0 Å². The Morgan fingerprint density at radius 3 is 3.00 bits per heavy atom. The summed E-state index contributed by atoms with van der Waals surface area (Å²) in [6.07, 6.45) is 13.2. The van der Waals surface area contributed by atoms with Crippen molar-refractivity contribution in [3.63, 3.8) is 0 Å². The van der Waals surface area contributed by atoms with Gasteiger partial charge < -0.3 is 5.32 Å². The van der Waals surface area contributed by atoms with Crippen LogP contribution in [0.1, 0.15) is 12.8 Å². The molecule has 0 aromatic rings. The monoisotopic (exact) mass is 161 g/mol. The average molecular weight is 161 g/mol. The zero-order chi connectivity index (χ0) is 8.39. The van der Waals surface area contributed by atoms with E-state index < -0.39 is 0 Å². The molecule has 64 valence electrons. The maximum Gasteiger partial charge on any atom is 0.0319 e. The van der Waals surface area contributed by atoms with Gasteiger partial charge >= 0.3 is 0 Å². The van der Waals surface area contributed by atoms with Crippen LogP contribution in [0.5, 0.6) is 0 Å². The minimum atomic E-state index is 0.583. The summed E-state index contributed by atoms with van der Waals surface area (Å²) in [5, 5.41) is 3.58. The molecule has 1 heteroatoms. The molecule has 1 aliphatic carbocycles. The fraction of sp³-hybridized carbons (Fsp3) is 0.455. The molecule has 0 aromatic heterocycles. The summed E-state index contributed by atoms with van der Waals surface area (Å²) < 4.78 is 0. The smallest absolute Gasteiger partial charge is 0.0319 e. The highest BCUT2D eigenvalue weighted by Crippen LogP contribution is 2.26. The lowest BCUT2D eigenvalue weighted by Gasteiger charge is -2.13. The van der Waals surface area contributed by atoms with E-state index in [1.807, 2.05) is 6.08 Å². The molecule has 3 unspecified atom stereocenters. The van der Waals surface area contributed by atoms with E-state index in [0.717, 1.165) is 12.3 Å². The molecular formula is C11H15N. The third-order valence-corrected chi connectivity index (χ3v) is 2.69. The highest BCUT2D eigenvalue weighted by atomic mass is 15.0. The van der Waals surface area contributed by atoms with Gasteiger partial charge in [0.2, 0.25) is 0 Å². The van der Waals surface area contributed by atoms with Crippen molar-refractivity contribution in [1.29, 1.82) is 0 Å². The van der Waals surface area contributed by atoms with Crippen LogP contribution in [0, 0.1) is 5.92 Å². The number of rotatable bonds is 2. The van der Waals surface area contributed by atoms with Crippen molar-refractivity contribution in [1.82, 2.24) is 5.32 Å². The van der Waals surface area contributed by atoms with Gasteiger partial charge in [0.15, 0.2) is 0 Å². The van der Waals surface area contributed by atoms with Gasteiger partial charge in [0, 0.05) is 12.1 Å². The molecule has 2 rings (SSSR count). The van der Waals surface area contributed by atoms with Crippen LogP contribution >= 0.6 is 0 Å². The second kappa shape index (κ2) is 3.28. The van der Waals surface area contributed by atoms with E-state index in [1.54, 1.807) is 0 Å². The van der Waals surface area contributed by atoms with Crippen LogP contribution in [0.3, 0.4) is 0 Å². The molecule has 1 saturated heterocycles. The first-order valence-electron chi connectivity index (χ1n) is 4.62. The Hall–Kier alpha value is -0.820. The van der Waals surface area contributed by atoms with E-state index in [-0.39, 0.29) is 0 Å². The third-order valence-electron chi connectivity index (χ3n) is 2.69. The van der Waals surface area contributed by atoms with E-state index in [2.05, 4.69) is 36.2 Å². The van der Waals surface area contributed by atoms with Crippen molar-refractivity contribution in [2.45, 2.75) is 24.9 Å². The first kappa shape index (κ1) is 7.81. The fourth-order valence-corrected chi connectivity index (χ4v) is 2.09. The predicted octanol–water partition coefficient (Wildman–Crippen LogP) is 2.04. The zero-order valence-corrected chi connectivity index (χ0v) is 7.24. The predicted molar refractivity (Wildman–Crippen MR) is 51.9 cm³/mol. The van der Waals surface area contributed by atoms with Gasteiger partial charge in [-0.1, -0.05) is 30.4 Å². The molecule has 1 heterocycles. The molecule has 1 aliphatic heterocycles. The summed E-state index contributed by atoms with van der Waals surface area (Å²) >= 11 is 0. The Morgan fingerprint density at radius 1 is 1.42 bits per heavy atom. The van der Waals surface area contributed by atoms with Crippen LogP contribution in [-0.4, -0.2) is 12.1 Å². The number of hydrogen-bond donors (Lipinski definition) is 1. The molecule has 0 amide bonds. The topological polar surface area (TPSA) is 12.0 Å². The van der Waals surface area contributed by atoms with Crippen molar-refractivity contribution in [3.8, 4) is 0 Å². The van der Waals surface area contributed by atoms with Crippen LogP contribution in [0.15, 0.2) is 37.0 Å². The van der Waals surface area contributed by atoms with Gasteiger partial charge in [-0.05, 0) is 18.8 Å². The van der Waals surface area contributed by atoms with Gasteiger partial charge in [0.05, 0.1) is 0 Å². The Morgan fingerprint density at radius 2 is 2.25 bits per heavy atom. The highest BCUT2D eigenvalue weighted by molar-refractivity contribution is 5.20. The average Bonchev–Trinajstić information content (AvgIpc) is 2.47. The second-order valence-corrected chi connectivity index (χ2v) is 3.58. The fourth-order valence-electron chi connectivity index (χ4n) is 2.09. The molecule has 2 aliphatic rings. The first-order valence-corrected chi connectivity index (χ1v) is 4.62. The molecule has 1 fully saturated rings.